The van der Waals surface area contributed by atoms with Gasteiger partial charge in [0.25, 0.3) is 0 Å². The van der Waals surface area contributed by atoms with E-state index in [1.165, 1.54) is 0 Å². The average molecular weight is 276 g/mol. The van der Waals surface area contributed by atoms with Crippen molar-refractivity contribution in [3.8, 4) is 0 Å². The van der Waals surface area contributed by atoms with Gasteiger partial charge in [-0.3, -0.25) is 4.79 Å². The van der Waals surface area contributed by atoms with Crippen LogP contribution in [-0.4, -0.2) is 25.1 Å². The summed E-state index contributed by atoms with van der Waals surface area (Å²) >= 11 is 0. The lowest BCUT2D eigenvalue weighted by molar-refractivity contribution is -0.123. The summed E-state index contributed by atoms with van der Waals surface area (Å²) in [6, 6.07) is 10.2. The topological polar surface area (TPSA) is 64.3 Å². The van der Waals surface area contributed by atoms with Gasteiger partial charge in [-0.15, -0.1) is 0 Å². The molecule has 1 fully saturated rings. The Bertz CT molecular complexity index is 408. The SMILES string of the molecule is NCC1CCCC1NC(=O)CCOCc1ccccc1. The van der Waals surface area contributed by atoms with E-state index >= 15 is 0 Å². The first kappa shape index (κ1) is 15.0. The van der Waals surface area contributed by atoms with Crippen LogP contribution in [0.4, 0.5) is 0 Å². The van der Waals surface area contributed by atoms with Gasteiger partial charge in [0, 0.05) is 12.5 Å². The van der Waals surface area contributed by atoms with Crippen LogP contribution in [-0.2, 0) is 16.1 Å². The third kappa shape index (κ3) is 4.62. The van der Waals surface area contributed by atoms with Crippen molar-refractivity contribution in [3.05, 3.63) is 35.9 Å². The van der Waals surface area contributed by atoms with E-state index in [-0.39, 0.29) is 11.9 Å². The Kier molecular flexibility index (Phi) is 6.02. The van der Waals surface area contributed by atoms with Crippen LogP contribution in [0.1, 0.15) is 31.2 Å². The third-order valence-corrected chi connectivity index (χ3v) is 3.89. The molecule has 1 amide bonds. The lowest BCUT2D eigenvalue weighted by Crippen LogP contribution is -2.40. The molecule has 20 heavy (non-hydrogen) atoms. The van der Waals surface area contributed by atoms with E-state index in [4.69, 9.17) is 10.5 Å². The maximum Gasteiger partial charge on any atom is 0.222 e. The number of ether oxygens (including phenoxy) is 1. The Morgan fingerprint density at radius 3 is 2.85 bits per heavy atom. The first-order valence-corrected chi connectivity index (χ1v) is 7.40. The molecule has 1 aromatic carbocycles. The van der Waals surface area contributed by atoms with Crippen molar-refractivity contribution >= 4 is 5.91 Å². The first-order chi connectivity index (χ1) is 9.79. The highest BCUT2D eigenvalue weighted by atomic mass is 16.5. The molecule has 4 heteroatoms. The van der Waals surface area contributed by atoms with Gasteiger partial charge >= 0.3 is 0 Å². The highest BCUT2D eigenvalue weighted by Gasteiger charge is 2.26. The zero-order valence-electron chi connectivity index (χ0n) is 11.9. The number of hydrogen-bond donors (Lipinski definition) is 2. The van der Waals surface area contributed by atoms with Gasteiger partial charge in [-0.2, -0.15) is 0 Å². The number of nitrogens with two attached hydrogens (primary N) is 1. The summed E-state index contributed by atoms with van der Waals surface area (Å²) in [5.74, 6) is 0.521. The Morgan fingerprint density at radius 1 is 1.30 bits per heavy atom. The fourth-order valence-electron chi connectivity index (χ4n) is 2.72. The van der Waals surface area contributed by atoms with Crippen molar-refractivity contribution in [2.24, 2.45) is 11.7 Å². The van der Waals surface area contributed by atoms with Gasteiger partial charge < -0.3 is 15.8 Å². The summed E-state index contributed by atoms with van der Waals surface area (Å²) in [6.07, 6.45) is 3.77. The van der Waals surface area contributed by atoms with Crippen molar-refractivity contribution in [1.82, 2.24) is 5.32 Å². The second kappa shape index (κ2) is 8.02. The van der Waals surface area contributed by atoms with E-state index in [1.807, 2.05) is 30.3 Å². The lowest BCUT2D eigenvalue weighted by atomic mass is 10.0. The molecule has 0 heterocycles. The summed E-state index contributed by atoms with van der Waals surface area (Å²) < 4.78 is 5.52. The molecule has 0 bridgehead atoms. The van der Waals surface area contributed by atoms with Crippen molar-refractivity contribution in [1.29, 1.82) is 0 Å². The largest absolute Gasteiger partial charge is 0.376 e. The van der Waals surface area contributed by atoms with Crippen LogP contribution in [0.15, 0.2) is 30.3 Å². The second-order valence-corrected chi connectivity index (χ2v) is 5.39. The number of carbonyl (C=O) groups excluding carboxylic acids is 1. The van der Waals surface area contributed by atoms with Crippen LogP contribution in [0, 0.1) is 5.92 Å². The average Bonchev–Trinajstić information content (AvgIpc) is 2.92. The molecule has 0 radical (unpaired) electrons. The summed E-state index contributed by atoms with van der Waals surface area (Å²) in [4.78, 5) is 11.8. The minimum absolute atomic E-state index is 0.0726. The third-order valence-electron chi connectivity index (χ3n) is 3.89. The predicted octanol–water partition coefficient (Wildman–Crippen LogP) is 1.84. The number of hydrogen-bond acceptors (Lipinski definition) is 3. The highest BCUT2D eigenvalue weighted by molar-refractivity contribution is 5.76. The Labute approximate surface area is 120 Å². The molecule has 0 aliphatic heterocycles. The van der Waals surface area contributed by atoms with Gasteiger partial charge in [-0.25, -0.2) is 0 Å². The van der Waals surface area contributed by atoms with Crippen LogP contribution in [0.3, 0.4) is 0 Å². The Hall–Kier alpha value is -1.39. The summed E-state index contributed by atoms with van der Waals surface area (Å²) in [6.45, 7) is 1.68. The van der Waals surface area contributed by atoms with Crippen LogP contribution in [0.5, 0.6) is 0 Å². The number of rotatable bonds is 7. The van der Waals surface area contributed by atoms with Crippen LogP contribution >= 0.6 is 0 Å². The minimum atomic E-state index is 0.0726. The number of amides is 1. The fraction of sp³-hybridized carbons (Fsp3) is 0.562. The van der Waals surface area contributed by atoms with Crippen LogP contribution in [0.25, 0.3) is 0 Å². The lowest BCUT2D eigenvalue weighted by Gasteiger charge is -2.19. The second-order valence-electron chi connectivity index (χ2n) is 5.39. The predicted molar refractivity (Wildman–Crippen MR) is 79.0 cm³/mol. The fourth-order valence-corrected chi connectivity index (χ4v) is 2.72. The van der Waals surface area contributed by atoms with Gasteiger partial charge in [0.1, 0.15) is 0 Å². The standard InChI is InChI=1S/C16H24N2O2/c17-11-14-7-4-8-15(14)18-16(19)9-10-20-12-13-5-2-1-3-6-13/h1-3,5-6,14-15H,4,7-12,17H2,(H,18,19). The van der Waals surface area contributed by atoms with E-state index in [0.717, 1.165) is 24.8 Å². The molecule has 1 aromatic rings. The zero-order chi connectivity index (χ0) is 14.2. The smallest absolute Gasteiger partial charge is 0.222 e. The van der Waals surface area contributed by atoms with E-state index in [0.29, 0.717) is 32.1 Å². The molecular weight excluding hydrogens is 252 g/mol. The van der Waals surface area contributed by atoms with Crippen molar-refractivity contribution in [2.75, 3.05) is 13.2 Å². The molecule has 2 atom stereocenters. The van der Waals surface area contributed by atoms with Gasteiger partial charge in [0.05, 0.1) is 13.2 Å². The molecule has 1 aliphatic carbocycles. The molecule has 2 rings (SSSR count). The summed E-state index contributed by atoms with van der Waals surface area (Å²) in [5.41, 5.74) is 6.84. The summed E-state index contributed by atoms with van der Waals surface area (Å²) in [7, 11) is 0. The molecule has 3 N–H and O–H groups in total. The van der Waals surface area contributed by atoms with Gasteiger partial charge in [0.2, 0.25) is 5.91 Å². The van der Waals surface area contributed by atoms with Crippen molar-refractivity contribution in [3.63, 3.8) is 0 Å². The van der Waals surface area contributed by atoms with Gasteiger partial charge in [0.15, 0.2) is 0 Å². The first-order valence-electron chi connectivity index (χ1n) is 7.40. The quantitative estimate of drug-likeness (QED) is 0.747. The molecule has 1 saturated carbocycles. The van der Waals surface area contributed by atoms with E-state index in [2.05, 4.69) is 5.32 Å². The number of nitrogens with one attached hydrogen (secondary N) is 1. The number of carbonyl (C=O) groups is 1. The maximum absolute atomic E-state index is 11.8. The van der Waals surface area contributed by atoms with Crippen molar-refractivity contribution in [2.45, 2.75) is 38.3 Å². The van der Waals surface area contributed by atoms with Crippen molar-refractivity contribution < 1.29 is 9.53 Å². The summed E-state index contributed by atoms with van der Waals surface area (Å²) in [5, 5.41) is 3.08. The van der Waals surface area contributed by atoms with E-state index < -0.39 is 0 Å². The molecule has 0 saturated heterocycles. The normalized spacial score (nSPS) is 21.9. The molecule has 0 aromatic heterocycles. The highest BCUT2D eigenvalue weighted by Crippen LogP contribution is 2.24. The Morgan fingerprint density at radius 2 is 2.10 bits per heavy atom. The monoisotopic (exact) mass is 276 g/mol. The molecule has 0 spiro atoms. The molecule has 110 valence electrons. The van der Waals surface area contributed by atoms with E-state index in [1.54, 1.807) is 0 Å². The molecule has 1 aliphatic rings. The number of benzene rings is 1. The Balaban J connectivity index is 1.61. The van der Waals surface area contributed by atoms with Crippen LogP contribution in [0.2, 0.25) is 0 Å². The maximum atomic E-state index is 11.8. The molecule has 4 nitrogen and oxygen atoms in total. The van der Waals surface area contributed by atoms with Gasteiger partial charge in [-0.1, -0.05) is 36.8 Å². The van der Waals surface area contributed by atoms with Gasteiger partial charge in [-0.05, 0) is 30.9 Å². The van der Waals surface area contributed by atoms with Crippen LogP contribution < -0.4 is 11.1 Å². The molecular formula is C16H24N2O2. The molecule has 2 unspecified atom stereocenters. The zero-order valence-corrected chi connectivity index (χ0v) is 11.9. The van der Waals surface area contributed by atoms with E-state index in [9.17, 15) is 4.79 Å². The minimum Gasteiger partial charge on any atom is -0.376 e.